The molecule has 0 saturated carbocycles. The van der Waals surface area contributed by atoms with Crippen LogP contribution in [0.4, 0.5) is 11.5 Å². The fourth-order valence-electron chi connectivity index (χ4n) is 3.72. The maximum Gasteiger partial charge on any atom is 0.258 e. The van der Waals surface area contributed by atoms with E-state index in [-0.39, 0.29) is 5.91 Å². The number of nitrogens with zero attached hydrogens (tertiary/aromatic N) is 5. The molecular formula is C23H23N7O. The minimum absolute atomic E-state index is 0.199. The van der Waals surface area contributed by atoms with E-state index in [4.69, 9.17) is 0 Å². The predicted octanol–water partition coefficient (Wildman–Crippen LogP) is 4.01. The number of aromatic nitrogens is 4. The van der Waals surface area contributed by atoms with Crippen LogP contribution in [0.3, 0.4) is 0 Å². The smallest absolute Gasteiger partial charge is 0.258 e. The molecule has 8 heteroatoms. The van der Waals surface area contributed by atoms with E-state index in [1.54, 1.807) is 37.1 Å². The fraction of sp³-hybridized carbons (Fsp3) is 0.261. The van der Waals surface area contributed by atoms with Crippen molar-refractivity contribution in [1.29, 1.82) is 5.26 Å². The van der Waals surface area contributed by atoms with E-state index in [9.17, 15) is 10.1 Å². The minimum Gasteiger partial charge on any atom is -0.342 e. The van der Waals surface area contributed by atoms with Crippen molar-refractivity contribution >= 4 is 23.0 Å². The molecule has 156 valence electrons. The molecule has 31 heavy (non-hydrogen) atoms. The molecule has 0 fully saturated rings. The summed E-state index contributed by atoms with van der Waals surface area (Å²) in [5, 5.41) is 20.0. The number of nitrogens with one attached hydrogen (secondary N) is 2. The van der Waals surface area contributed by atoms with Crippen LogP contribution in [0.25, 0.3) is 16.8 Å². The average molecular weight is 413 g/mol. The zero-order valence-corrected chi connectivity index (χ0v) is 18.1. The maximum atomic E-state index is 12.7. The number of hydrogen-bond donors (Lipinski definition) is 2. The highest BCUT2D eigenvalue weighted by atomic mass is 16.2. The van der Waals surface area contributed by atoms with Crippen LogP contribution in [-0.4, -0.2) is 25.7 Å². The number of amides is 1. The summed E-state index contributed by atoms with van der Waals surface area (Å²) in [5.41, 5.74) is 5.44. The van der Waals surface area contributed by atoms with E-state index >= 15 is 0 Å². The van der Waals surface area contributed by atoms with Crippen molar-refractivity contribution in [3.8, 4) is 17.3 Å². The van der Waals surface area contributed by atoms with Gasteiger partial charge in [-0.15, -0.1) is 0 Å². The quantitative estimate of drug-likeness (QED) is 0.626. The van der Waals surface area contributed by atoms with Crippen LogP contribution in [-0.2, 0) is 10.3 Å². The first kappa shape index (κ1) is 20.3. The van der Waals surface area contributed by atoms with Gasteiger partial charge in [0.15, 0.2) is 5.82 Å². The lowest BCUT2D eigenvalue weighted by molar-refractivity contribution is -0.110. The highest BCUT2D eigenvalue weighted by Gasteiger charge is 2.28. The number of fused-ring (bicyclic) bond motifs is 1. The van der Waals surface area contributed by atoms with Crippen LogP contribution in [0.1, 0.15) is 37.6 Å². The lowest BCUT2D eigenvalue weighted by atomic mass is 10.0. The van der Waals surface area contributed by atoms with Crippen molar-refractivity contribution in [3.05, 3.63) is 59.3 Å². The highest BCUT2D eigenvalue weighted by molar-refractivity contribution is 6.32. The second-order valence-electron chi connectivity index (χ2n) is 8.14. The van der Waals surface area contributed by atoms with E-state index in [1.165, 1.54) is 0 Å². The average Bonchev–Trinajstić information content (AvgIpc) is 3.26. The summed E-state index contributed by atoms with van der Waals surface area (Å²) in [7, 11) is 0. The van der Waals surface area contributed by atoms with Gasteiger partial charge in [-0.3, -0.25) is 14.8 Å². The molecule has 3 aromatic rings. The number of allylic oxidation sites excluding steroid dienone is 1. The molecular weight excluding hydrogens is 390 g/mol. The van der Waals surface area contributed by atoms with Crippen LogP contribution in [0, 0.1) is 25.2 Å². The molecule has 1 aliphatic rings. The highest BCUT2D eigenvalue weighted by Crippen LogP contribution is 2.36. The SMILES string of the molecule is C/C(Nc1cc(C)n(C(C)(C)C#N)n1)=C1/C(=O)Nc2cnc(-c3cnccc3C)cc21. The minimum atomic E-state index is -0.773. The molecule has 4 rings (SSSR count). The van der Waals surface area contributed by atoms with Gasteiger partial charge in [-0.25, -0.2) is 4.68 Å². The molecule has 0 bridgehead atoms. The monoisotopic (exact) mass is 413 g/mol. The van der Waals surface area contributed by atoms with E-state index in [0.29, 0.717) is 22.8 Å². The van der Waals surface area contributed by atoms with Crippen molar-refractivity contribution in [2.24, 2.45) is 0 Å². The first-order chi connectivity index (χ1) is 14.7. The Balaban J connectivity index is 1.74. The van der Waals surface area contributed by atoms with Crippen LogP contribution in [0.15, 0.2) is 42.5 Å². The van der Waals surface area contributed by atoms with Gasteiger partial charge in [0, 0.05) is 41.0 Å². The van der Waals surface area contributed by atoms with Gasteiger partial charge in [-0.2, -0.15) is 10.4 Å². The third-order valence-corrected chi connectivity index (χ3v) is 5.34. The summed E-state index contributed by atoms with van der Waals surface area (Å²) >= 11 is 0. The lowest BCUT2D eigenvalue weighted by Crippen LogP contribution is -2.26. The van der Waals surface area contributed by atoms with E-state index in [1.807, 2.05) is 39.0 Å². The van der Waals surface area contributed by atoms with Gasteiger partial charge in [-0.1, -0.05) is 0 Å². The van der Waals surface area contributed by atoms with Crippen molar-refractivity contribution in [2.75, 3.05) is 10.6 Å². The number of pyridine rings is 2. The van der Waals surface area contributed by atoms with Crippen LogP contribution < -0.4 is 10.6 Å². The van der Waals surface area contributed by atoms with Crippen LogP contribution in [0.2, 0.25) is 0 Å². The number of nitriles is 1. The lowest BCUT2D eigenvalue weighted by Gasteiger charge is -2.17. The Morgan fingerprint density at radius 3 is 2.71 bits per heavy atom. The van der Waals surface area contributed by atoms with E-state index in [2.05, 4.69) is 31.8 Å². The Labute approximate surface area is 180 Å². The third-order valence-electron chi connectivity index (χ3n) is 5.34. The second-order valence-corrected chi connectivity index (χ2v) is 8.14. The molecule has 0 unspecified atom stereocenters. The zero-order valence-electron chi connectivity index (χ0n) is 18.1. The summed E-state index contributed by atoms with van der Waals surface area (Å²) in [4.78, 5) is 21.4. The first-order valence-electron chi connectivity index (χ1n) is 9.90. The van der Waals surface area contributed by atoms with Crippen LogP contribution >= 0.6 is 0 Å². The molecule has 8 nitrogen and oxygen atoms in total. The molecule has 1 amide bonds. The van der Waals surface area contributed by atoms with Gasteiger partial charge < -0.3 is 10.6 Å². The van der Waals surface area contributed by atoms with Gasteiger partial charge in [0.25, 0.3) is 5.91 Å². The zero-order chi connectivity index (χ0) is 22.3. The molecule has 0 aliphatic carbocycles. The summed E-state index contributed by atoms with van der Waals surface area (Å²) < 4.78 is 1.67. The number of aryl methyl sites for hydroxylation is 2. The molecule has 2 N–H and O–H groups in total. The van der Waals surface area contributed by atoms with Crippen molar-refractivity contribution in [1.82, 2.24) is 19.7 Å². The van der Waals surface area contributed by atoms with Crippen molar-refractivity contribution < 1.29 is 4.79 Å². The van der Waals surface area contributed by atoms with E-state index < -0.39 is 5.54 Å². The summed E-state index contributed by atoms with van der Waals surface area (Å²) in [6.45, 7) is 9.34. The topological polar surface area (TPSA) is 109 Å². The maximum absolute atomic E-state index is 12.7. The molecule has 0 aromatic carbocycles. The fourth-order valence-corrected chi connectivity index (χ4v) is 3.72. The normalized spacial score (nSPS) is 14.6. The van der Waals surface area contributed by atoms with Crippen molar-refractivity contribution in [3.63, 3.8) is 0 Å². The van der Waals surface area contributed by atoms with Gasteiger partial charge in [0.2, 0.25) is 0 Å². The molecule has 4 heterocycles. The predicted molar refractivity (Wildman–Crippen MR) is 119 cm³/mol. The third kappa shape index (κ3) is 3.55. The molecule has 0 atom stereocenters. The van der Waals surface area contributed by atoms with Crippen LogP contribution in [0.5, 0.6) is 0 Å². The summed E-state index contributed by atoms with van der Waals surface area (Å²) in [6.07, 6.45) is 5.18. The number of carbonyl (C=O) groups is 1. The Bertz CT molecular complexity index is 1280. The molecule has 3 aromatic heterocycles. The Hall–Kier alpha value is -3.99. The number of rotatable bonds is 4. The van der Waals surface area contributed by atoms with Gasteiger partial charge in [-0.05, 0) is 52.3 Å². The van der Waals surface area contributed by atoms with Gasteiger partial charge >= 0.3 is 0 Å². The standard InChI is InChI=1S/C23H23N7O/c1-13-6-7-25-10-17(13)18-9-16-19(11-26-18)28-22(31)21(16)15(3)27-20-8-14(2)30(29-20)23(4,5)12-24/h6-11H,1-5H3,(H,27,29)(H,28,31)/b21-15-. The Morgan fingerprint density at radius 1 is 1.23 bits per heavy atom. The van der Waals surface area contributed by atoms with Gasteiger partial charge in [0.05, 0.1) is 29.2 Å². The van der Waals surface area contributed by atoms with E-state index in [0.717, 1.165) is 28.1 Å². The molecule has 0 radical (unpaired) electrons. The molecule has 0 saturated heterocycles. The Morgan fingerprint density at radius 2 is 2.00 bits per heavy atom. The second kappa shape index (κ2) is 7.36. The number of hydrogen-bond acceptors (Lipinski definition) is 6. The number of carbonyl (C=O) groups excluding carboxylic acids is 1. The summed E-state index contributed by atoms with van der Waals surface area (Å²) in [6, 6.07) is 7.94. The molecule has 0 spiro atoms. The van der Waals surface area contributed by atoms with Crippen molar-refractivity contribution in [2.45, 2.75) is 40.2 Å². The first-order valence-corrected chi connectivity index (χ1v) is 9.90. The molecule has 1 aliphatic heterocycles. The number of anilines is 2. The van der Waals surface area contributed by atoms with Gasteiger partial charge in [0.1, 0.15) is 5.54 Å². The summed E-state index contributed by atoms with van der Waals surface area (Å²) in [5.74, 6) is 0.375. The Kier molecular flexibility index (Phi) is 4.82. The largest absolute Gasteiger partial charge is 0.342 e.